The molecule has 2 rings (SSSR count). The quantitative estimate of drug-likeness (QED) is 0.778. The summed E-state index contributed by atoms with van der Waals surface area (Å²) < 4.78 is 10.1. The topological polar surface area (TPSA) is 81.7 Å². The van der Waals surface area contributed by atoms with Gasteiger partial charge in [-0.15, -0.1) is 11.3 Å². The van der Waals surface area contributed by atoms with Crippen LogP contribution < -0.4 is 5.32 Å². The number of esters is 2. The molecule has 26 heavy (non-hydrogen) atoms. The van der Waals surface area contributed by atoms with Gasteiger partial charge in [0, 0.05) is 15.4 Å². The van der Waals surface area contributed by atoms with Crippen LogP contribution in [-0.4, -0.2) is 30.6 Å². The lowest BCUT2D eigenvalue weighted by Crippen LogP contribution is -2.21. The second kappa shape index (κ2) is 8.62. The van der Waals surface area contributed by atoms with E-state index in [1.807, 2.05) is 13.8 Å². The zero-order chi connectivity index (χ0) is 19.3. The van der Waals surface area contributed by atoms with Gasteiger partial charge in [-0.1, -0.05) is 0 Å². The smallest absolute Gasteiger partial charge is 0.339 e. The summed E-state index contributed by atoms with van der Waals surface area (Å²) in [6.07, 6.45) is -0.202. The molecule has 0 bridgehead atoms. The number of carbonyl (C=O) groups excluding carboxylic acids is 3. The molecule has 0 spiro atoms. The van der Waals surface area contributed by atoms with Crippen molar-refractivity contribution < 1.29 is 23.9 Å². The summed E-state index contributed by atoms with van der Waals surface area (Å²) in [5, 5.41) is 2.61. The first kappa shape index (κ1) is 19.7. The van der Waals surface area contributed by atoms with Crippen molar-refractivity contribution in [2.24, 2.45) is 0 Å². The van der Waals surface area contributed by atoms with Gasteiger partial charge in [0.25, 0.3) is 5.91 Å². The summed E-state index contributed by atoms with van der Waals surface area (Å²) in [5.41, 5.74) is 1.37. The molecule has 0 unspecified atom stereocenters. The van der Waals surface area contributed by atoms with Crippen molar-refractivity contribution in [3.63, 3.8) is 0 Å². The average Bonchev–Trinajstić information content (AvgIpc) is 2.91. The Morgan fingerprint density at radius 2 is 1.73 bits per heavy atom. The van der Waals surface area contributed by atoms with Crippen LogP contribution in [0.15, 0.2) is 30.3 Å². The van der Waals surface area contributed by atoms with Gasteiger partial charge in [-0.3, -0.25) is 4.79 Å². The van der Waals surface area contributed by atoms with Gasteiger partial charge in [-0.2, -0.15) is 0 Å². The Balaban J connectivity index is 1.87. The number of hydrogen-bond donors (Lipinski definition) is 1. The largest absolute Gasteiger partial charge is 0.459 e. The maximum absolute atomic E-state index is 12.0. The zero-order valence-corrected chi connectivity index (χ0v) is 15.9. The monoisotopic (exact) mass is 375 g/mol. The summed E-state index contributed by atoms with van der Waals surface area (Å²) in [4.78, 5) is 37.6. The van der Waals surface area contributed by atoms with Crippen LogP contribution in [0.3, 0.4) is 0 Å². The van der Waals surface area contributed by atoms with Crippen molar-refractivity contribution in [2.45, 2.75) is 33.8 Å². The van der Waals surface area contributed by atoms with E-state index in [9.17, 15) is 14.4 Å². The van der Waals surface area contributed by atoms with E-state index in [0.717, 1.165) is 9.75 Å². The van der Waals surface area contributed by atoms with Crippen LogP contribution in [0.5, 0.6) is 0 Å². The van der Waals surface area contributed by atoms with Gasteiger partial charge >= 0.3 is 11.9 Å². The molecular formula is C19H21NO5S. The zero-order valence-electron chi connectivity index (χ0n) is 15.1. The number of thiophene rings is 1. The van der Waals surface area contributed by atoms with E-state index < -0.39 is 17.8 Å². The normalized spacial score (nSPS) is 10.5. The lowest BCUT2D eigenvalue weighted by Gasteiger charge is -2.09. The van der Waals surface area contributed by atoms with E-state index in [1.54, 1.807) is 44.2 Å². The lowest BCUT2D eigenvalue weighted by molar-refractivity contribution is -0.119. The Hall–Kier alpha value is -2.67. The third-order valence-corrected chi connectivity index (χ3v) is 4.31. The van der Waals surface area contributed by atoms with E-state index in [2.05, 4.69) is 5.32 Å². The summed E-state index contributed by atoms with van der Waals surface area (Å²) in [6.45, 7) is 6.89. The molecule has 1 aromatic heterocycles. The Labute approximate surface area is 156 Å². The fraction of sp³-hybridized carbons (Fsp3) is 0.316. The SMILES string of the molecule is Cc1cc(C(=O)OCC(=O)Nc2ccc(C(=O)OC(C)C)cc2)c(C)s1. The molecule has 0 aliphatic carbocycles. The molecule has 0 aliphatic rings. The Morgan fingerprint density at radius 1 is 1.08 bits per heavy atom. The van der Waals surface area contributed by atoms with Gasteiger partial charge in [-0.25, -0.2) is 9.59 Å². The van der Waals surface area contributed by atoms with Crippen LogP contribution in [0.25, 0.3) is 0 Å². The minimum absolute atomic E-state index is 0.202. The highest BCUT2D eigenvalue weighted by Crippen LogP contribution is 2.21. The highest BCUT2D eigenvalue weighted by molar-refractivity contribution is 7.12. The maximum Gasteiger partial charge on any atom is 0.339 e. The molecule has 2 aromatic rings. The fourth-order valence-electron chi connectivity index (χ4n) is 2.21. The minimum atomic E-state index is -0.520. The molecule has 0 saturated carbocycles. The van der Waals surface area contributed by atoms with E-state index in [1.165, 1.54) is 11.3 Å². The summed E-state index contributed by atoms with van der Waals surface area (Å²) in [5.74, 6) is -1.40. The molecule has 7 heteroatoms. The second-order valence-electron chi connectivity index (χ2n) is 5.98. The number of aryl methyl sites for hydroxylation is 2. The summed E-state index contributed by atoms with van der Waals surface area (Å²) >= 11 is 1.50. The number of rotatable bonds is 6. The number of amides is 1. The Morgan fingerprint density at radius 3 is 2.27 bits per heavy atom. The number of anilines is 1. The molecule has 0 fully saturated rings. The van der Waals surface area contributed by atoms with Crippen LogP contribution in [0.2, 0.25) is 0 Å². The van der Waals surface area contributed by atoms with Gasteiger partial charge in [0.15, 0.2) is 6.61 Å². The van der Waals surface area contributed by atoms with Crippen LogP contribution in [-0.2, 0) is 14.3 Å². The van der Waals surface area contributed by atoms with Crippen molar-refractivity contribution in [1.29, 1.82) is 0 Å². The first-order chi connectivity index (χ1) is 12.3. The predicted octanol–water partition coefficient (Wildman–Crippen LogP) is 3.73. The van der Waals surface area contributed by atoms with Crippen molar-refractivity contribution in [2.75, 3.05) is 11.9 Å². The molecule has 0 radical (unpaired) electrons. The van der Waals surface area contributed by atoms with Crippen LogP contribution >= 0.6 is 11.3 Å². The molecule has 1 amide bonds. The van der Waals surface area contributed by atoms with Gasteiger partial charge in [0.05, 0.1) is 17.2 Å². The molecule has 1 N–H and O–H groups in total. The minimum Gasteiger partial charge on any atom is -0.459 e. The molecule has 0 aliphatic heterocycles. The summed E-state index contributed by atoms with van der Waals surface area (Å²) in [7, 11) is 0. The first-order valence-electron chi connectivity index (χ1n) is 8.11. The summed E-state index contributed by atoms with van der Waals surface area (Å²) in [6, 6.07) is 8.04. The van der Waals surface area contributed by atoms with E-state index in [-0.39, 0.29) is 12.7 Å². The van der Waals surface area contributed by atoms with Crippen LogP contribution in [0, 0.1) is 13.8 Å². The number of nitrogens with one attached hydrogen (secondary N) is 1. The van der Waals surface area contributed by atoms with Gasteiger partial charge in [0.2, 0.25) is 0 Å². The molecule has 1 aromatic carbocycles. The van der Waals surface area contributed by atoms with Crippen LogP contribution in [0.1, 0.15) is 44.3 Å². The van der Waals surface area contributed by atoms with Gasteiger partial charge in [0.1, 0.15) is 0 Å². The fourth-order valence-corrected chi connectivity index (χ4v) is 3.12. The Bertz CT molecular complexity index is 808. The molecule has 0 saturated heterocycles. The third kappa shape index (κ3) is 5.42. The van der Waals surface area contributed by atoms with Crippen molar-refractivity contribution >= 4 is 34.9 Å². The average molecular weight is 375 g/mol. The van der Waals surface area contributed by atoms with E-state index >= 15 is 0 Å². The highest BCUT2D eigenvalue weighted by atomic mass is 32.1. The van der Waals surface area contributed by atoms with Crippen LogP contribution in [0.4, 0.5) is 5.69 Å². The first-order valence-corrected chi connectivity index (χ1v) is 8.93. The molecule has 0 atom stereocenters. The number of carbonyl (C=O) groups is 3. The van der Waals surface area contributed by atoms with Crippen molar-refractivity contribution in [1.82, 2.24) is 0 Å². The highest BCUT2D eigenvalue weighted by Gasteiger charge is 2.15. The molecule has 138 valence electrons. The third-order valence-electron chi connectivity index (χ3n) is 3.34. The number of ether oxygens (including phenoxy) is 2. The second-order valence-corrected chi connectivity index (χ2v) is 7.44. The molecule has 1 heterocycles. The number of hydrogen-bond acceptors (Lipinski definition) is 6. The van der Waals surface area contributed by atoms with E-state index in [0.29, 0.717) is 16.8 Å². The lowest BCUT2D eigenvalue weighted by atomic mass is 10.2. The number of benzene rings is 1. The van der Waals surface area contributed by atoms with Crippen molar-refractivity contribution in [3.8, 4) is 0 Å². The molecular weight excluding hydrogens is 354 g/mol. The van der Waals surface area contributed by atoms with Crippen molar-refractivity contribution in [3.05, 3.63) is 51.2 Å². The Kier molecular flexibility index (Phi) is 6.52. The predicted molar refractivity (Wildman–Crippen MR) is 99.7 cm³/mol. The standard InChI is InChI=1S/C19H21NO5S/c1-11(2)25-18(22)14-5-7-15(8-6-14)20-17(21)10-24-19(23)16-9-12(3)26-13(16)4/h5-9,11H,10H2,1-4H3,(H,20,21). The van der Waals surface area contributed by atoms with E-state index in [4.69, 9.17) is 9.47 Å². The van der Waals surface area contributed by atoms with Gasteiger partial charge < -0.3 is 14.8 Å². The maximum atomic E-state index is 12.0. The van der Waals surface area contributed by atoms with Gasteiger partial charge in [-0.05, 0) is 58.0 Å². The molecule has 6 nitrogen and oxygen atoms in total.